The van der Waals surface area contributed by atoms with Gasteiger partial charge < -0.3 is 19.3 Å². The fraction of sp³-hybridized carbons (Fsp3) is 0.375. The summed E-state index contributed by atoms with van der Waals surface area (Å²) in [6.45, 7) is 4.95. The number of aromatic nitrogens is 2. The summed E-state index contributed by atoms with van der Waals surface area (Å²) < 4.78 is 42.8. The van der Waals surface area contributed by atoms with Gasteiger partial charge in [-0.05, 0) is 35.9 Å². The molecule has 0 saturated carbocycles. The molecule has 1 aromatic heterocycles. The summed E-state index contributed by atoms with van der Waals surface area (Å²) in [6.07, 6.45) is 0.517. The van der Waals surface area contributed by atoms with E-state index in [4.69, 9.17) is 25.6 Å². The van der Waals surface area contributed by atoms with E-state index in [1.54, 1.807) is 12.1 Å². The van der Waals surface area contributed by atoms with E-state index in [1.165, 1.54) is 22.5 Å². The van der Waals surface area contributed by atoms with Crippen LogP contribution < -0.4 is 10.1 Å². The molecule has 0 spiro atoms. The number of halogens is 1. The van der Waals surface area contributed by atoms with Crippen molar-refractivity contribution in [2.24, 2.45) is 0 Å². The number of carbonyl (C=O) groups is 1. The molecule has 192 valence electrons. The highest BCUT2D eigenvalue weighted by Crippen LogP contribution is 2.29. The molecule has 36 heavy (non-hydrogen) atoms. The maximum absolute atomic E-state index is 12.8. The predicted molar refractivity (Wildman–Crippen MR) is 133 cm³/mol. The summed E-state index contributed by atoms with van der Waals surface area (Å²) in [5, 5.41) is 6.83. The Hall–Kier alpha value is -2.99. The highest BCUT2D eigenvalue weighted by molar-refractivity contribution is 7.89. The maximum Gasteiger partial charge on any atom is 0.262 e. The molecule has 1 fully saturated rings. The second kappa shape index (κ2) is 11.4. The Balaban J connectivity index is 1.30. The third-order valence-corrected chi connectivity index (χ3v) is 7.64. The Morgan fingerprint density at radius 1 is 1.17 bits per heavy atom. The highest BCUT2D eigenvalue weighted by atomic mass is 35.5. The Bertz CT molecular complexity index is 1300. The molecule has 0 unspecified atom stereocenters. The van der Waals surface area contributed by atoms with Crippen LogP contribution in [0.2, 0.25) is 5.02 Å². The largest absolute Gasteiger partial charge is 0.482 e. The minimum Gasteiger partial charge on any atom is -0.482 e. The quantitative estimate of drug-likeness (QED) is 0.442. The number of sulfonamides is 1. The smallest absolute Gasteiger partial charge is 0.262 e. The van der Waals surface area contributed by atoms with Gasteiger partial charge in [0.1, 0.15) is 5.75 Å². The topological polar surface area (TPSA) is 124 Å². The lowest BCUT2D eigenvalue weighted by Gasteiger charge is -2.26. The summed E-state index contributed by atoms with van der Waals surface area (Å²) in [5.74, 6) is 1.20. The van der Waals surface area contributed by atoms with E-state index >= 15 is 0 Å². The molecule has 2 heterocycles. The Labute approximate surface area is 214 Å². The second-order valence-corrected chi connectivity index (χ2v) is 10.9. The number of anilines is 1. The van der Waals surface area contributed by atoms with Crippen molar-refractivity contribution in [2.45, 2.75) is 31.1 Å². The molecule has 10 nitrogen and oxygen atoms in total. The molecule has 1 N–H and O–H groups in total. The van der Waals surface area contributed by atoms with Crippen molar-refractivity contribution in [2.75, 3.05) is 38.2 Å². The molecule has 3 aromatic rings. The van der Waals surface area contributed by atoms with Crippen molar-refractivity contribution < 1.29 is 27.2 Å². The second-order valence-electron chi connectivity index (χ2n) is 8.52. The van der Waals surface area contributed by atoms with Crippen molar-refractivity contribution in [1.29, 1.82) is 0 Å². The summed E-state index contributed by atoms with van der Waals surface area (Å²) in [4.78, 5) is 16.8. The Morgan fingerprint density at radius 3 is 2.53 bits per heavy atom. The number of carbonyl (C=O) groups excluding carboxylic acids is 1. The standard InChI is InChI=1S/C24H27ClN4O6S/c1-16(2)24-27-22(28-35-24)13-17-3-5-18(6-4-17)26-23(30)15-34-21-8-7-19(14-20(21)25)36(31,32)29-9-11-33-12-10-29/h3-8,14,16H,9-13,15H2,1-2H3,(H,26,30). The van der Waals surface area contributed by atoms with E-state index in [0.29, 0.717) is 37.0 Å². The van der Waals surface area contributed by atoms with Gasteiger partial charge >= 0.3 is 0 Å². The number of morpholine rings is 1. The van der Waals surface area contributed by atoms with Gasteiger partial charge in [0.25, 0.3) is 5.91 Å². The zero-order valence-electron chi connectivity index (χ0n) is 19.9. The van der Waals surface area contributed by atoms with Gasteiger partial charge in [0, 0.05) is 31.1 Å². The first-order valence-electron chi connectivity index (χ1n) is 11.4. The van der Waals surface area contributed by atoms with Crippen LogP contribution in [0.1, 0.15) is 37.0 Å². The summed E-state index contributed by atoms with van der Waals surface area (Å²) in [5.41, 5.74) is 1.57. The molecular weight excluding hydrogens is 508 g/mol. The van der Waals surface area contributed by atoms with Crippen LogP contribution >= 0.6 is 11.6 Å². The summed E-state index contributed by atoms with van der Waals surface area (Å²) >= 11 is 6.24. The van der Waals surface area contributed by atoms with E-state index in [0.717, 1.165) is 5.56 Å². The van der Waals surface area contributed by atoms with Crippen LogP contribution in [0, 0.1) is 0 Å². The average Bonchev–Trinajstić information content (AvgIpc) is 3.34. The van der Waals surface area contributed by atoms with E-state index < -0.39 is 10.0 Å². The van der Waals surface area contributed by atoms with E-state index in [1.807, 2.05) is 26.0 Å². The number of rotatable bonds is 9. The lowest BCUT2D eigenvalue weighted by atomic mass is 10.1. The fourth-order valence-electron chi connectivity index (χ4n) is 3.50. The van der Waals surface area contributed by atoms with Crippen LogP contribution in [-0.2, 0) is 26.0 Å². The van der Waals surface area contributed by atoms with Gasteiger partial charge in [-0.2, -0.15) is 9.29 Å². The van der Waals surface area contributed by atoms with Gasteiger partial charge in [0.2, 0.25) is 15.9 Å². The Morgan fingerprint density at radius 2 is 1.89 bits per heavy atom. The number of benzene rings is 2. The normalized spacial score (nSPS) is 14.7. The molecule has 1 amide bonds. The molecule has 1 aliphatic heterocycles. The third kappa shape index (κ3) is 6.41. The van der Waals surface area contributed by atoms with Crippen molar-refractivity contribution in [3.63, 3.8) is 0 Å². The highest BCUT2D eigenvalue weighted by Gasteiger charge is 2.27. The first kappa shape index (κ1) is 26.1. The minimum atomic E-state index is -3.68. The molecule has 4 rings (SSSR count). The Kier molecular flexibility index (Phi) is 8.24. The van der Waals surface area contributed by atoms with Crippen molar-refractivity contribution in [3.8, 4) is 5.75 Å². The molecule has 2 aromatic carbocycles. The molecular formula is C24H27ClN4O6S. The lowest BCUT2D eigenvalue weighted by molar-refractivity contribution is -0.118. The summed E-state index contributed by atoms with van der Waals surface area (Å²) in [6, 6.07) is 11.5. The van der Waals surface area contributed by atoms with Crippen LogP contribution in [0.15, 0.2) is 51.9 Å². The van der Waals surface area contributed by atoms with Crippen molar-refractivity contribution in [1.82, 2.24) is 14.4 Å². The van der Waals surface area contributed by atoms with E-state index in [2.05, 4.69) is 15.5 Å². The zero-order chi connectivity index (χ0) is 25.7. The third-order valence-electron chi connectivity index (χ3n) is 5.45. The molecule has 12 heteroatoms. The fourth-order valence-corrected chi connectivity index (χ4v) is 5.23. The van der Waals surface area contributed by atoms with E-state index in [-0.39, 0.29) is 47.2 Å². The predicted octanol–water partition coefficient (Wildman–Crippen LogP) is 3.48. The number of hydrogen-bond acceptors (Lipinski definition) is 8. The molecule has 0 bridgehead atoms. The van der Waals surface area contributed by atoms with Gasteiger partial charge in [-0.15, -0.1) is 0 Å². The number of nitrogens with zero attached hydrogens (tertiary/aromatic N) is 3. The number of hydrogen-bond donors (Lipinski definition) is 1. The van der Waals surface area contributed by atoms with Gasteiger partial charge in [0.05, 0.1) is 23.1 Å². The minimum absolute atomic E-state index is 0.0625. The van der Waals surface area contributed by atoms with Gasteiger partial charge in [-0.1, -0.05) is 42.7 Å². The molecule has 0 radical (unpaired) electrons. The monoisotopic (exact) mass is 534 g/mol. The van der Waals surface area contributed by atoms with Crippen LogP contribution in [-0.4, -0.2) is 61.7 Å². The SMILES string of the molecule is CC(C)c1nc(Cc2ccc(NC(=O)COc3ccc(S(=O)(=O)N4CCOCC4)cc3Cl)cc2)no1. The van der Waals surface area contributed by atoms with E-state index in [9.17, 15) is 13.2 Å². The maximum atomic E-state index is 12.8. The lowest BCUT2D eigenvalue weighted by Crippen LogP contribution is -2.40. The molecule has 0 aliphatic carbocycles. The van der Waals surface area contributed by atoms with Gasteiger partial charge in [-0.25, -0.2) is 8.42 Å². The van der Waals surface area contributed by atoms with Crippen LogP contribution in [0.25, 0.3) is 0 Å². The van der Waals surface area contributed by atoms with Crippen molar-refractivity contribution in [3.05, 3.63) is 64.8 Å². The molecule has 0 atom stereocenters. The van der Waals surface area contributed by atoms with Crippen LogP contribution in [0.4, 0.5) is 5.69 Å². The van der Waals surface area contributed by atoms with Gasteiger partial charge in [-0.3, -0.25) is 4.79 Å². The molecule has 1 saturated heterocycles. The van der Waals surface area contributed by atoms with Crippen LogP contribution in [0.3, 0.4) is 0 Å². The zero-order valence-corrected chi connectivity index (χ0v) is 21.5. The first-order valence-corrected chi connectivity index (χ1v) is 13.3. The van der Waals surface area contributed by atoms with Crippen molar-refractivity contribution >= 4 is 33.2 Å². The number of nitrogens with one attached hydrogen (secondary N) is 1. The average molecular weight is 535 g/mol. The van der Waals surface area contributed by atoms with Gasteiger partial charge in [0.15, 0.2) is 12.4 Å². The van der Waals surface area contributed by atoms with Crippen LogP contribution in [0.5, 0.6) is 5.75 Å². The first-order chi connectivity index (χ1) is 17.2. The number of amides is 1. The molecule has 1 aliphatic rings. The summed E-state index contributed by atoms with van der Waals surface area (Å²) in [7, 11) is -3.68. The number of ether oxygens (including phenoxy) is 2.